The Hall–Kier alpha value is -2.63. The second-order valence-corrected chi connectivity index (χ2v) is 4.20. The van der Waals surface area contributed by atoms with Crippen LogP contribution in [0, 0.1) is 6.92 Å². The van der Waals surface area contributed by atoms with E-state index >= 15 is 0 Å². The Morgan fingerprint density at radius 1 is 1.30 bits per heavy atom. The van der Waals surface area contributed by atoms with Gasteiger partial charge in [0, 0.05) is 0 Å². The number of anilines is 1. The lowest BCUT2D eigenvalue weighted by atomic mass is 10.2. The van der Waals surface area contributed by atoms with Crippen molar-refractivity contribution < 1.29 is 14.6 Å². The molecule has 0 saturated heterocycles. The van der Waals surface area contributed by atoms with Crippen LogP contribution < -0.4 is 10.1 Å². The van der Waals surface area contributed by atoms with Crippen LogP contribution in [0.15, 0.2) is 36.4 Å². The first kappa shape index (κ1) is 13.8. The fraction of sp³-hybridized carbons (Fsp3) is 0.214. The summed E-state index contributed by atoms with van der Waals surface area (Å²) < 4.78 is 5.57. The summed E-state index contributed by atoms with van der Waals surface area (Å²) >= 11 is 0. The molecule has 0 unspecified atom stereocenters. The van der Waals surface area contributed by atoms with Crippen molar-refractivity contribution in [1.82, 2.24) is 10.2 Å². The molecule has 0 aliphatic carbocycles. The van der Waals surface area contributed by atoms with Gasteiger partial charge in [-0.15, -0.1) is 10.2 Å². The van der Waals surface area contributed by atoms with Crippen molar-refractivity contribution in [2.24, 2.45) is 0 Å². The molecule has 1 aromatic heterocycles. The average molecular weight is 273 g/mol. The Kier molecular flexibility index (Phi) is 4.49. The molecule has 0 aliphatic heterocycles. The maximum absolute atomic E-state index is 10.6. The number of aromatic nitrogens is 2. The van der Waals surface area contributed by atoms with Gasteiger partial charge in [0.05, 0.1) is 6.54 Å². The average Bonchev–Trinajstić information content (AvgIpc) is 2.44. The predicted molar refractivity (Wildman–Crippen MR) is 74.2 cm³/mol. The van der Waals surface area contributed by atoms with Crippen LogP contribution >= 0.6 is 0 Å². The van der Waals surface area contributed by atoms with Gasteiger partial charge in [0.2, 0.25) is 0 Å². The molecule has 1 aromatic carbocycles. The molecule has 0 amide bonds. The summed E-state index contributed by atoms with van der Waals surface area (Å²) in [6.07, 6.45) is 0. The molecule has 0 fully saturated rings. The van der Waals surface area contributed by atoms with Gasteiger partial charge < -0.3 is 15.2 Å². The number of hydrogen-bond acceptors (Lipinski definition) is 5. The lowest BCUT2D eigenvalue weighted by Gasteiger charge is -2.08. The van der Waals surface area contributed by atoms with Crippen LogP contribution in [0.4, 0.5) is 5.82 Å². The lowest BCUT2D eigenvalue weighted by molar-refractivity contribution is 0.0689. The molecule has 0 aliphatic rings. The summed E-state index contributed by atoms with van der Waals surface area (Å²) in [5, 5.41) is 19.0. The van der Waals surface area contributed by atoms with E-state index in [1.165, 1.54) is 6.07 Å². The van der Waals surface area contributed by atoms with E-state index in [-0.39, 0.29) is 5.69 Å². The summed E-state index contributed by atoms with van der Waals surface area (Å²) in [7, 11) is 0. The van der Waals surface area contributed by atoms with Crippen molar-refractivity contribution in [3.63, 3.8) is 0 Å². The van der Waals surface area contributed by atoms with E-state index < -0.39 is 5.97 Å². The number of hydrogen-bond donors (Lipinski definition) is 2. The monoisotopic (exact) mass is 273 g/mol. The molecule has 2 N–H and O–H groups in total. The molecule has 104 valence electrons. The standard InChI is InChI=1S/C14H15N3O3/c1-10-3-2-4-11(9-10)20-8-7-15-13-6-5-12(14(18)19)16-17-13/h2-6,9H,7-8H2,1H3,(H,15,17)(H,18,19). The van der Waals surface area contributed by atoms with Crippen LogP contribution in [0.2, 0.25) is 0 Å². The van der Waals surface area contributed by atoms with E-state index in [4.69, 9.17) is 9.84 Å². The zero-order valence-electron chi connectivity index (χ0n) is 11.0. The molecule has 0 saturated carbocycles. The zero-order valence-corrected chi connectivity index (χ0v) is 11.0. The van der Waals surface area contributed by atoms with E-state index in [9.17, 15) is 4.79 Å². The molecule has 1 heterocycles. The third-order valence-electron chi connectivity index (χ3n) is 2.55. The fourth-order valence-electron chi connectivity index (χ4n) is 1.59. The highest BCUT2D eigenvalue weighted by Gasteiger charge is 2.04. The van der Waals surface area contributed by atoms with Crippen LogP contribution in [0.25, 0.3) is 0 Å². The van der Waals surface area contributed by atoms with Gasteiger partial charge in [-0.05, 0) is 36.8 Å². The van der Waals surface area contributed by atoms with Gasteiger partial charge >= 0.3 is 5.97 Å². The summed E-state index contributed by atoms with van der Waals surface area (Å²) in [4.78, 5) is 10.6. The van der Waals surface area contributed by atoms with Gasteiger partial charge in [0.25, 0.3) is 0 Å². The third-order valence-corrected chi connectivity index (χ3v) is 2.55. The van der Waals surface area contributed by atoms with Crippen LogP contribution in [-0.2, 0) is 0 Å². The highest BCUT2D eigenvalue weighted by molar-refractivity contribution is 5.85. The van der Waals surface area contributed by atoms with Crippen LogP contribution in [-0.4, -0.2) is 34.4 Å². The highest BCUT2D eigenvalue weighted by atomic mass is 16.5. The van der Waals surface area contributed by atoms with Gasteiger partial charge in [0.1, 0.15) is 18.2 Å². The van der Waals surface area contributed by atoms with Crippen LogP contribution in [0.1, 0.15) is 16.1 Å². The minimum absolute atomic E-state index is 0.0773. The number of nitrogens with one attached hydrogen (secondary N) is 1. The quantitative estimate of drug-likeness (QED) is 0.783. The molecule has 2 rings (SSSR count). The molecule has 0 spiro atoms. The highest BCUT2D eigenvalue weighted by Crippen LogP contribution is 2.12. The number of rotatable bonds is 6. The minimum atomic E-state index is -1.09. The summed E-state index contributed by atoms with van der Waals surface area (Å²) in [5.41, 5.74) is 1.07. The first-order valence-electron chi connectivity index (χ1n) is 6.15. The van der Waals surface area contributed by atoms with Gasteiger partial charge in [0.15, 0.2) is 5.69 Å². The molecule has 2 aromatic rings. The van der Waals surface area contributed by atoms with Crippen molar-refractivity contribution in [3.05, 3.63) is 47.7 Å². The Morgan fingerprint density at radius 3 is 2.80 bits per heavy atom. The normalized spacial score (nSPS) is 10.1. The van der Waals surface area contributed by atoms with E-state index in [0.29, 0.717) is 19.0 Å². The van der Waals surface area contributed by atoms with Crippen molar-refractivity contribution in [1.29, 1.82) is 0 Å². The lowest BCUT2D eigenvalue weighted by Crippen LogP contribution is -2.13. The zero-order chi connectivity index (χ0) is 14.4. The molecule has 0 bridgehead atoms. The van der Waals surface area contributed by atoms with Crippen LogP contribution in [0.5, 0.6) is 5.75 Å². The number of aryl methyl sites for hydroxylation is 1. The Bertz CT molecular complexity index is 584. The summed E-state index contributed by atoms with van der Waals surface area (Å²) in [5.74, 6) is 0.244. The molecule has 6 nitrogen and oxygen atoms in total. The smallest absolute Gasteiger partial charge is 0.356 e. The van der Waals surface area contributed by atoms with E-state index in [1.807, 2.05) is 31.2 Å². The van der Waals surface area contributed by atoms with Crippen molar-refractivity contribution in [2.45, 2.75) is 6.92 Å². The molecule has 0 radical (unpaired) electrons. The fourth-order valence-corrected chi connectivity index (χ4v) is 1.59. The van der Waals surface area contributed by atoms with Crippen molar-refractivity contribution in [2.75, 3.05) is 18.5 Å². The molecule has 0 atom stereocenters. The van der Waals surface area contributed by atoms with E-state index in [0.717, 1.165) is 11.3 Å². The topological polar surface area (TPSA) is 84.3 Å². The van der Waals surface area contributed by atoms with Crippen molar-refractivity contribution in [3.8, 4) is 5.75 Å². The number of carboxylic acid groups (broad SMARTS) is 1. The van der Waals surface area contributed by atoms with Gasteiger partial charge in [-0.2, -0.15) is 0 Å². The second kappa shape index (κ2) is 6.51. The summed E-state index contributed by atoms with van der Waals surface area (Å²) in [6, 6.07) is 10.8. The van der Waals surface area contributed by atoms with E-state index in [2.05, 4.69) is 15.5 Å². The number of ether oxygens (including phenoxy) is 1. The first-order valence-corrected chi connectivity index (χ1v) is 6.15. The van der Waals surface area contributed by atoms with Gasteiger partial charge in [-0.1, -0.05) is 12.1 Å². The first-order chi connectivity index (χ1) is 9.65. The summed E-state index contributed by atoms with van der Waals surface area (Å²) in [6.45, 7) is 3.03. The predicted octanol–water partition coefficient (Wildman–Crippen LogP) is 1.97. The second-order valence-electron chi connectivity index (χ2n) is 4.20. The minimum Gasteiger partial charge on any atom is -0.492 e. The Labute approximate surface area is 116 Å². The number of carboxylic acids is 1. The van der Waals surface area contributed by atoms with Gasteiger partial charge in [-0.25, -0.2) is 4.79 Å². The molecule has 6 heteroatoms. The number of aromatic carboxylic acids is 1. The SMILES string of the molecule is Cc1cccc(OCCNc2ccc(C(=O)O)nn2)c1. The van der Waals surface area contributed by atoms with Crippen molar-refractivity contribution >= 4 is 11.8 Å². The number of benzene rings is 1. The van der Waals surface area contributed by atoms with Crippen LogP contribution in [0.3, 0.4) is 0 Å². The van der Waals surface area contributed by atoms with E-state index in [1.54, 1.807) is 6.07 Å². The Balaban J connectivity index is 1.77. The number of carbonyl (C=O) groups is 1. The third kappa shape index (κ3) is 3.94. The maximum Gasteiger partial charge on any atom is 0.356 e. The van der Waals surface area contributed by atoms with Gasteiger partial charge in [-0.3, -0.25) is 0 Å². The maximum atomic E-state index is 10.6. The molecular formula is C14H15N3O3. The number of nitrogens with zero attached hydrogens (tertiary/aromatic N) is 2. The largest absolute Gasteiger partial charge is 0.492 e. The Morgan fingerprint density at radius 2 is 2.15 bits per heavy atom. The molecular weight excluding hydrogens is 258 g/mol. The molecule has 20 heavy (non-hydrogen) atoms.